The van der Waals surface area contributed by atoms with E-state index >= 15 is 0 Å². The molecule has 0 bridgehead atoms. The van der Waals surface area contributed by atoms with Gasteiger partial charge in [-0.05, 0) is 31.0 Å². The van der Waals surface area contributed by atoms with Crippen LogP contribution in [0.4, 0.5) is 0 Å². The highest BCUT2D eigenvalue weighted by atomic mass is 16.5. The fourth-order valence-corrected chi connectivity index (χ4v) is 3.34. The van der Waals surface area contributed by atoms with Gasteiger partial charge in [0.1, 0.15) is 0 Å². The average molecular weight is 290 g/mol. The van der Waals surface area contributed by atoms with Gasteiger partial charge in [-0.3, -0.25) is 14.5 Å². The van der Waals surface area contributed by atoms with Crippen molar-refractivity contribution >= 4 is 6.29 Å². The van der Waals surface area contributed by atoms with Crippen molar-refractivity contribution in [2.45, 2.75) is 45.4 Å². The maximum absolute atomic E-state index is 12.5. The molecule has 5 heteroatoms. The van der Waals surface area contributed by atoms with Crippen LogP contribution in [0.3, 0.4) is 0 Å². The molecular formula is C16H22N2O3. The SMILES string of the molecule is CCN1CCc2c(cc(C=O)c(=O)n2CC2CCCO2)C1. The Morgan fingerprint density at radius 1 is 1.48 bits per heavy atom. The minimum Gasteiger partial charge on any atom is -0.376 e. The molecule has 5 nitrogen and oxygen atoms in total. The van der Waals surface area contributed by atoms with Crippen molar-refractivity contribution in [3.63, 3.8) is 0 Å². The van der Waals surface area contributed by atoms with Crippen LogP contribution >= 0.6 is 0 Å². The third kappa shape index (κ3) is 2.80. The normalized spacial score (nSPS) is 22.2. The predicted molar refractivity (Wildman–Crippen MR) is 79.7 cm³/mol. The van der Waals surface area contributed by atoms with Crippen LogP contribution in [0.5, 0.6) is 0 Å². The Hall–Kier alpha value is -1.46. The fourth-order valence-electron chi connectivity index (χ4n) is 3.34. The number of fused-ring (bicyclic) bond motifs is 1. The van der Waals surface area contributed by atoms with Crippen molar-refractivity contribution in [3.05, 3.63) is 33.2 Å². The summed E-state index contributed by atoms with van der Waals surface area (Å²) in [5.74, 6) is 0. The molecule has 3 rings (SSSR count). The van der Waals surface area contributed by atoms with E-state index in [9.17, 15) is 9.59 Å². The second-order valence-corrected chi connectivity index (χ2v) is 5.86. The molecule has 0 aliphatic carbocycles. The lowest BCUT2D eigenvalue weighted by atomic mass is 10.0. The minimum atomic E-state index is -0.163. The number of carbonyl (C=O) groups excluding carboxylic acids is 1. The Bertz CT molecular complexity index is 588. The lowest BCUT2D eigenvalue weighted by Crippen LogP contribution is -2.38. The molecule has 0 spiro atoms. The number of hydrogen-bond acceptors (Lipinski definition) is 4. The van der Waals surface area contributed by atoms with E-state index in [1.165, 1.54) is 0 Å². The Morgan fingerprint density at radius 2 is 2.33 bits per heavy atom. The molecule has 3 heterocycles. The van der Waals surface area contributed by atoms with Gasteiger partial charge in [0.25, 0.3) is 5.56 Å². The molecule has 2 aliphatic rings. The maximum atomic E-state index is 12.5. The average Bonchev–Trinajstić information content (AvgIpc) is 3.02. The molecule has 1 aromatic heterocycles. The van der Waals surface area contributed by atoms with Gasteiger partial charge >= 0.3 is 0 Å². The fraction of sp³-hybridized carbons (Fsp3) is 0.625. The summed E-state index contributed by atoms with van der Waals surface area (Å²) in [5.41, 5.74) is 2.31. The summed E-state index contributed by atoms with van der Waals surface area (Å²) in [6.45, 7) is 6.26. The zero-order valence-electron chi connectivity index (χ0n) is 12.5. The molecule has 0 saturated carbocycles. The van der Waals surface area contributed by atoms with Gasteiger partial charge in [-0.2, -0.15) is 0 Å². The van der Waals surface area contributed by atoms with Gasteiger partial charge in [-0.15, -0.1) is 0 Å². The third-order valence-corrected chi connectivity index (χ3v) is 4.56. The van der Waals surface area contributed by atoms with Gasteiger partial charge in [0.05, 0.1) is 18.2 Å². The number of ether oxygens (including phenoxy) is 1. The standard InChI is InChI=1S/C16H22N2O3/c1-2-17-6-5-15-12(9-17)8-13(11-19)16(20)18(15)10-14-4-3-7-21-14/h8,11,14H,2-7,9-10H2,1H3. The Labute approximate surface area is 124 Å². The summed E-state index contributed by atoms with van der Waals surface area (Å²) < 4.78 is 7.45. The number of nitrogens with zero attached hydrogens (tertiary/aromatic N) is 2. The molecule has 2 aliphatic heterocycles. The molecule has 0 radical (unpaired) electrons. The third-order valence-electron chi connectivity index (χ3n) is 4.56. The molecule has 114 valence electrons. The van der Waals surface area contributed by atoms with Crippen molar-refractivity contribution in [3.8, 4) is 0 Å². The van der Waals surface area contributed by atoms with E-state index in [1.807, 2.05) is 0 Å². The number of likely N-dealkylation sites (N-methyl/N-ethyl adjacent to an activating group) is 1. The monoisotopic (exact) mass is 290 g/mol. The van der Waals surface area contributed by atoms with E-state index in [4.69, 9.17) is 4.74 Å². The summed E-state index contributed by atoms with van der Waals surface area (Å²) >= 11 is 0. The lowest BCUT2D eigenvalue weighted by Gasteiger charge is -2.30. The summed E-state index contributed by atoms with van der Waals surface area (Å²) in [6, 6.07) is 1.78. The molecule has 0 aromatic carbocycles. The smallest absolute Gasteiger partial charge is 0.261 e. The van der Waals surface area contributed by atoms with Crippen molar-refractivity contribution in [2.24, 2.45) is 0 Å². The van der Waals surface area contributed by atoms with Crippen LogP contribution in [0.1, 0.15) is 41.4 Å². The molecule has 0 N–H and O–H groups in total. The molecular weight excluding hydrogens is 268 g/mol. The zero-order chi connectivity index (χ0) is 14.8. The van der Waals surface area contributed by atoms with Crippen LogP contribution in [0.2, 0.25) is 0 Å². The number of carbonyl (C=O) groups is 1. The summed E-state index contributed by atoms with van der Waals surface area (Å²) in [4.78, 5) is 26.0. The van der Waals surface area contributed by atoms with Gasteiger partial charge in [0, 0.05) is 31.8 Å². The summed E-state index contributed by atoms with van der Waals surface area (Å²) in [6.07, 6.45) is 3.70. The van der Waals surface area contributed by atoms with E-state index in [2.05, 4.69) is 11.8 Å². The van der Waals surface area contributed by atoms with E-state index in [0.29, 0.717) is 12.8 Å². The van der Waals surface area contributed by atoms with Crippen molar-refractivity contribution < 1.29 is 9.53 Å². The largest absolute Gasteiger partial charge is 0.376 e. The molecule has 1 saturated heterocycles. The second kappa shape index (κ2) is 6.12. The lowest BCUT2D eigenvalue weighted by molar-refractivity contribution is 0.0944. The minimum absolute atomic E-state index is 0.109. The predicted octanol–water partition coefficient (Wildman–Crippen LogP) is 1.22. The zero-order valence-corrected chi connectivity index (χ0v) is 12.5. The quantitative estimate of drug-likeness (QED) is 0.782. The van der Waals surface area contributed by atoms with E-state index in [0.717, 1.165) is 56.8 Å². The van der Waals surface area contributed by atoms with Crippen LogP contribution < -0.4 is 5.56 Å². The summed E-state index contributed by atoms with van der Waals surface area (Å²) in [5, 5.41) is 0. The highest BCUT2D eigenvalue weighted by Crippen LogP contribution is 2.21. The Morgan fingerprint density at radius 3 is 3.00 bits per heavy atom. The van der Waals surface area contributed by atoms with Crippen molar-refractivity contribution in [1.29, 1.82) is 0 Å². The Kier molecular flexibility index (Phi) is 4.22. The first-order valence-corrected chi connectivity index (χ1v) is 7.77. The van der Waals surface area contributed by atoms with Crippen LogP contribution in [0.15, 0.2) is 10.9 Å². The maximum Gasteiger partial charge on any atom is 0.261 e. The van der Waals surface area contributed by atoms with Gasteiger partial charge in [0.15, 0.2) is 6.29 Å². The second-order valence-electron chi connectivity index (χ2n) is 5.86. The number of aldehydes is 1. The first-order chi connectivity index (χ1) is 10.2. The van der Waals surface area contributed by atoms with Gasteiger partial charge < -0.3 is 9.30 Å². The van der Waals surface area contributed by atoms with E-state index < -0.39 is 0 Å². The van der Waals surface area contributed by atoms with Crippen LogP contribution in [-0.4, -0.2) is 41.6 Å². The first-order valence-electron chi connectivity index (χ1n) is 7.77. The van der Waals surface area contributed by atoms with Crippen LogP contribution in [-0.2, 0) is 24.2 Å². The number of pyridine rings is 1. The highest BCUT2D eigenvalue weighted by Gasteiger charge is 2.24. The van der Waals surface area contributed by atoms with Crippen molar-refractivity contribution in [1.82, 2.24) is 9.47 Å². The summed E-state index contributed by atoms with van der Waals surface area (Å²) in [7, 11) is 0. The molecule has 1 unspecified atom stereocenters. The van der Waals surface area contributed by atoms with Crippen molar-refractivity contribution in [2.75, 3.05) is 19.7 Å². The molecule has 1 atom stereocenters. The van der Waals surface area contributed by atoms with Gasteiger partial charge in [0.2, 0.25) is 0 Å². The first kappa shape index (κ1) is 14.5. The van der Waals surface area contributed by atoms with Crippen LogP contribution in [0, 0.1) is 0 Å². The van der Waals surface area contributed by atoms with Crippen LogP contribution in [0.25, 0.3) is 0 Å². The Balaban J connectivity index is 2.00. The molecule has 1 aromatic rings. The highest BCUT2D eigenvalue weighted by molar-refractivity contribution is 5.74. The molecule has 21 heavy (non-hydrogen) atoms. The van der Waals surface area contributed by atoms with E-state index in [-0.39, 0.29) is 17.2 Å². The number of aromatic nitrogens is 1. The number of rotatable bonds is 4. The number of hydrogen-bond donors (Lipinski definition) is 0. The molecule has 1 fully saturated rings. The van der Waals surface area contributed by atoms with Gasteiger partial charge in [-0.1, -0.05) is 6.92 Å². The van der Waals surface area contributed by atoms with Gasteiger partial charge in [-0.25, -0.2) is 0 Å². The molecule has 0 amide bonds. The topological polar surface area (TPSA) is 51.5 Å². The van der Waals surface area contributed by atoms with E-state index in [1.54, 1.807) is 10.6 Å².